The molecular formula is C30H30F4N2O4. The molecule has 3 aromatic rings. The number of carbonyl (C=O) groups excluding carboxylic acids is 1. The zero-order valence-corrected chi connectivity index (χ0v) is 21.8. The number of alkyl halides is 3. The van der Waals surface area contributed by atoms with E-state index in [9.17, 15) is 18.0 Å². The number of morpholine rings is 1. The molecule has 2 aliphatic heterocycles. The minimum atomic E-state index is -5.08. The van der Waals surface area contributed by atoms with Crippen LogP contribution >= 0.6 is 0 Å². The number of carboxylic acids is 1. The number of nitrogens with zero attached hydrogens (tertiary/aromatic N) is 2. The molecule has 0 unspecified atom stereocenters. The number of fused-ring (bicyclic) bond motifs is 1. The predicted molar refractivity (Wildman–Crippen MR) is 141 cm³/mol. The maximum absolute atomic E-state index is 15.0. The van der Waals surface area contributed by atoms with E-state index in [0.717, 1.165) is 67.4 Å². The molecule has 6 nitrogen and oxygen atoms in total. The van der Waals surface area contributed by atoms with Crippen LogP contribution in [-0.2, 0) is 20.9 Å². The van der Waals surface area contributed by atoms with Crippen molar-refractivity contribution < 1.29 is 37.0 Å². The summed E-state index contributed by atoms with van der Waals surface area (Å²) in [5.74, 6) is -2.77. The summed E-state index contributed by atoms with van der Waals surface area (Å²) in [4.78, 5) is 25.4. The van der Waals surface area contributed by atoms with E-state index in [2.05, 4.69) is 35.2 Å². The molecule has 3 aliphatic rings. The number of likely N-dealkylation sites (tertiary alicyclic amines) is 1. The number of carbonyl (C=O) groups is 2. The Morgan fingerprint density at radius 2 is 1.60 bits per heavy atom. The van der Waals surface area contributed by atoms with E-state index in [1.165, 1.54) is 5.39 Å². The normalized spacial score (nSPS) is 19.4. The summed E-state index contributed by atoms with van der Waals surface area (Å²) in [5.41, 5.74) is 2.45. The number of benzene rings is 3. The zero-order valence-electron chi connectivity index (χ0n) is 21.8. The number of halogens is 4. The van der Waals surface area contributed by atoms with Gasteiger partial charge >= 0.3 is 12.1 Å². The molecule has 1 aliphatic carbocycles. The Balaban J connectivity index is 0.000000411. The lowest BCUT2D eigenvalue weighted by atomic mass is 9.89. The maximum Gasteiger partial charge on any atom is 0.490 e. The molecule has 0 radical (unpaired) electrons. The van der Waals surface area contributed by atoms with Crippen molar-refractivity contribution in [1.29, 1.82) is 0 Å². The second-order valence-electron chi connectivity index (χ2n) is 10.7. The molecule has 212 valence electrons. The van der Waals surface area contributed by atoms with Gasteiger partial charge in [-0.15, -0.1) is 0 Å². The van der Waals surface area contributed by atoms with Crippen molar-refractivity contribution in [3.05, 3.63) is 72.0 Å². The molecule has 3 fully saturated rings. The number of aliphatic carboxylic acids is 1. The molecule has 1 spiro atoms. The third kappa shape index (κ3) is 6.45. The van der Waals surface area contributed by atoms with Gasteiger partial charge in [0, 0.05) is 31.2 Å². The molecule has 3 aromatic carbocycles. The number of carboxylic acid groups (broad SMARTS) is 1. The van der Waals surface area contributed by atoms with Crippen molar-refractivity contribution in [2.75, 3.05) is 26.2 Å². The van der Waals surface area contributed by atoms with E-state index in [-0.39, 0.29) is 23.9 Å². The third-order valence-electron chi connectivity index (χ3n) is 7.81. The van der Waals surface area contributed by atoms with E-state index < -0.39 is 12.1 Å². The minimum absolute atomic E-state index is 0.138. The van der Waals surface area contributed by atoms with Gasteiger partial charge in [0.25, 0.3) is 0 Å². The van der Waals surface area contributed by atoms with Gasteiger partial charge in [-0.3, -0.25) is 9.69 Å². The van der Waals surface area contributed by atoms with Crippen LogP contribution < -0.4 is 0 Å². The highest BCUT2D eigenvalue weighted by atomic mass is 19.4. The van der Waals surface area contributed by atoms with Gasteiger partial charge < -0.3 is 14.7 Å². The van der Waals surface area contributed by atoms with Gasteiger partial charge in [0.15, 0.2) is 0 Å². The molecule has 40 heavy (non-hydrogen) atoms. The fraction of sp³-hybridized carbons (Fsp3) is 0.400. The molecule has 10 heteroatoms. The SMILES string of the molecule is O=C(O)C(F)(F)F.O=C1COC2(CCN(Cc3ccc(-c4ccc5ccccc5c4)cc3F)CC2)CN1C1CC1. The molecule has 2 heterocycles. The summed E-state index contributed by atoms with van der Waals surface area (Å²) in [6.45, 7) is 3.25. The van der Waals surface area contributed by atoms with Crippen LogP contribution in [0.25, 0.3) is 21.9 Å². The highest BCUT2D eigenvalue weighted by Crippen LogP contribution is 2.36. The molecule has 0 atom stereocenters. The lowest BCUT2D eigenvalue weighted by Gasteiger charge is -2.47. The monoisotopic (exact) mass is 558 g/mol. The van der Waals surface area contributed by atoms with Gasteiger partial charge in [-0.05, 0) is 59.7 Å². The topological polar surface area (TPSA) is 70.1 Å². The predicted octanol–water partition coefficient (Wildman–Crippen LogP) is 5.64. The minimum Gasteiger partial charge on any atom is -0.475 e. The maximum atomic E-state index is 15.0. The highest BCUT2D eigenvalue weighted by Gasteiger charge is 2.46. The van der Waals surface area contributed by atoms with Crippen molar-refractivity contribution in [2.24, 2.45) is 0 Å². The van der Waals surface area contributed by atoms with Crippen LogP contribution in [0.2, 0.25) is 0 Å². The number of piperidine rings is 1. The summed E-state index contributed by atoms with van der Waals surface area (Å²) < 4.78 is 52.8. The third-order valence-corrected chi connectivity index (χ3v) is 7.81. The van der Waals surface area contributed by atoms with Crippen LogP contribution in [0.3, 0.4) is 0 Å². The number of rotatable bonds is 4. The smallest absolute Gasteiger partial charge is 0.475 e. The standard InChI is InChI=1S/C28H29FN2O2.C2HF3O2/c29-26-16-23(22-6-5-20-3-1-2-4-21(20)15-22)7-8-24(26)17-30-13-11-28(12-14-30)19-31(25-9-10-25)27(32)18-33-28;3-2(4,5)1(6)7/h1-8,15-16,25H,9-14,17-19H2;(H,6,7). The molecule has 0 bridgehead atoms. The molecule has 6 rings (SSSR count). The summed E-state index contributed by atoms with van der Waals surface area (Å²) >= 11 is 0. The summed E-state index contributed by atoms with van der Waals surface area (Å²) in [6.07, 6.45) is -1.05. The summed E-state index contributed by atoms with van der Waals surface area (Å²) in [5, 5.41) is 9.47. The number of amides is 1. The van der Waals surface area contributed by atoms with Crippen LogP contribution in [0.5, 0.6) is 0 Å². The average Bonchev–Trinajstić information content (AvgIpc) is 3.78. The van der Waals surface area contributed by atoms with E-state index in [0.29, 0.717) is 12.6 Å². The van der Waals surface area contributed by atoms with Crippen molar-refractivity contribution in [3.63, 3.8) is 0 Å². The van der Waals surface area contributed by atoms with Crippen LogP contribution in [0.1, 0.15) is 31.2 Å². The van der Waals surface area contributed by atoms with E-state index >= 15 is 4.39 Å². The Labute approximate surface area is 229 Å². The van der Waals surface area contributed by atoms with Gasteiger partial charge in [-0.25, -0.2) is 9.18 Å². The average molecular weight is 559 g/mol. The first-order valence-electron chi connectivity index (χ1n) is 13.3. The van der Waals surface area contributed by atoms with Crippen molar-refractivity contribution in [2.45, 2.75) is 50.0 Å². The van der Waals surface area contributed by atoms with E-state index in [4.69, 9.17) is 14.6 Å². The molecular weight excluding hydrogens is 528 g/mol. The molecule has 0 aromatic heterocycles. The first-order valence-corrected chi connectivity index (χ1v) is 13.3. The summed E-state index contributed by atoms with van der Waals surface area (Å²) in [6, 6.07) is 20.5. The highest BCUT2D eigenvalue weighted by molar-refractivity contribution is 5.87. The fourth-order valence-electron chi connectivity index (χ4n) is 5.35. The Morgan fingerprint density at radius 1 is 0.975 bits per heavy atom. The van der Waals surface area contributed by atoms with Crippen LogP contribution in [-0.4, -0.2) is 70.8 Å². The van der Waals surface area contributed by atoms with E-state index in [1.54, 1.807) is 6.07 Å². The van der Waals surface area contributed by atoms with Gasteiger partial charge in [0.2, 0.25) is 5.91 Å². The molecule has 1 saturated carbocycles. The molecule has 1 N–H and O–H groups in total. The van der Waals surface area contributed by atoms with Crippen molar-refractivity contribution >= 4 is 22.6 Å². The lowest BCUT2D eigenvalue weighted by molar-refractivity contribution is -0.192. The Kier molecular flexibility index (Phi) is 7.83. The van der Waals surface area contributed by atoms with Gasteiger partial charge in [0.1, 0.15) is 12.4 Å². The second-order valence-corrected chi connectivity index (χ2v) is 10.7. The van der Waals surface area contributed by atoms with Gasteiger partial charge in [-0.1, -0.05) is 48.5 Å². The lowest BCUT2D eigenvalue weighted by Crippen LogP contribution is -2.59. The molecule has 1 amide bonds. The second kappa shape index (κ2) is 11.2. The number of hydrogen-bond acceptors (Lipinski definition) is 4. The van der Waals surface area contributed by atoms with Crippen molar-refractivity contribution in [1.82, 2.24) is 9.80 Å². The Bertz CT molecular complexity index is 1400. The zero-order chi connectivity index (χ0) is 28.5. The van der Waals surface area contributed by atoms with Crippen molar-refractivity contribution in [3.8, 4) is 11.1 Å². The van der Waals surface area contributed by atoms with Crippen LogP contribution in [0.15, 0.2) is 60.7 Å². The Morgan fingerprint density at radius 3 is 2.23 bits per heavy atom. The van der Waals surface area contributed by atoms with Gasteiger partial charge in [-0.2, -0.15) is 13.2 Å². The first kappa shape index (κ1) is 28.0. The largest absolute Gasteiger partial charge is 0.490 e. The van der Waals surface area contributed by atoms with Gasteiger partial charge in [0.05, 0.1) is 12.1 Å². The summed E-state index contributed by atoms with van der Waals surface area (Å²) in [7, 11) is 0. The van der Waals surface area contributed by atoms with E-state index in [1.807, 2.05) is 29.2 Å². The molecule has 2 saturated heterocycles. The van der Waals surface area contributed by atoms with Crippen LogP contribution in [0, 0.1) is 5.82 Å². The Hall–Kier alpha value is -3.50. The first-order chi connectivity index (χ1) is 19.0. The quantitative estimate of drug-likeness (QED) is 0.420. The number of hydrogen-bond donors (Lipinski definition) is 1. The fourth-order valence-corrected chi connectivity index (χ4v) is 5.35. The van der Waals surface area contributed by atoms with Crippen LogP contribution in [0.4, 0.5) is 17.6 Å². The number of ether oxygens (including phenoxy) is 1.